The first-order valence-corrected chi connectivity index (χ1v) is 10.1. The fourth-order valence-corrected chi connectivity index (χ4v) is 3.83. The number of pyridine rings is 1. The summed E-state index contributed by atoms with van der Waals surface area (Å²) >= 11 is 0. The molecule has 0 atom stereocenters. The van der Waals surface area contributed by atoms with E-state index < -0.39 is 0 Å². The molecule has 0 saturated carbocycles. The molecule has 5 heteroatoms. The van der Waals surface area contributed by atoms with Crippen LogP contribution in [0.4, 0.5) is 0 Å². The van der Waals surface area contributed by atoms with Gasteiger partial charge in [-0.1, -0.05) is 18.2 Å². The second kappa shape index (κ2) is 9.20. The number of benzene rings is 1. The highest BCUT2D eigenvalue weighted by atomic mass is 16.5. The van der Waals surface area contributed by atoms with E-state index in [-0.39, 0.29) is 0 Å². The topological polar surface area (TPSA) is 43.8 Å². The maximum Gasteiger partial charge on any atom is 0.223 e. The van der Waals surface area contributed by atoms with Gasteiger partial charge in [0.2, 0.25) is 5.88 Å². The molecule has 0 unspecified atom stereocenters. The van der Waals surface area contributed by atoms with Crippen LogP contribution in [-0.4, -0.2) is 42.3 Å². The standard InChI is InChI=1S/C22H28N2O3/c1-4-13-24(19-10-15-25-16-11-19)17-18-7-6-12-23-22(18)27-21-9-3-2-8-20(21)26-14-5-1/h2-3,6-9,12,19H,1,4-5,10-11,13-17H2. The summed E-state index contributed by atoms with van der Waals surface area (Å²) in [7, 11) is 0. The first-order valence-electron chi connectivity index (χ1n) is 10.1. The molecule has 2 aromatic rings. The van der Waals surface area contributed by atoms with E-state index in [1.807, 2.05) is 30.3 Å². The third-order valence-corrected chi connectivity index (χ3v) is 5.33. The molecule has 3 heterocycles. The molecule has 1 saturated heterocycles. The van der Waals surface area contributed by atoms with E-state index >= 15 is 0 Å². The van der Waals surface area contributed by atoms with Crippen LogP contribution >= 0.6 is 0 Å². The Kier molecular flexibility index (Phi) is 6.22. The maximum atomic E-state index is 6.20. The summed E-state index contributed by atoms with van der Waals surface area (Å²) in [6.07, 6.45) is 7.40. The minimum Gasteiger partial charge on any atom is -0.490 e. The zero-order chi connectivity index (χ0) is 18.3. The SMILES string of the molecule is c1cnc2c(c1)CN(C1CCOCC1)CCCCCOc1ccccc1O2. The number of nitrogens with zero attached hydrogens (tertiary/aromatic N) is 2. The summed E-state index contributed by atoms with van der Waals surface area (Å²) in [4.78, 5) is 7.11. The quantitative estimate of drug-likeness (QED) is 0.746. The molecule has 0 spiro atoms. The fourth-order valence-electron chi connectivity index (χ4n) is 3.83. The number of rotatable bonds is 1. The smallest absolute Gasteiger partial charge is 0.223 e. The number of para-hydroxylation sites is 2. The first-order chi connectivity index (χ1) is 13.4. The van der Waals surface area contributed by atoms with Gasteiger partial charge in [0.05, 0.1) is 6.61 Å². The van der Waals surface area contributed by atoms with Crippen molar-refractivity contribution < 1.29 is 14.2 Å². The Labute approximate surface area is 161 Å². The largest absolute Gasteiger partial charge is 0.490 e. The van der Waals surface area contributed by atoms with Gasteiger partial charge in [-0.3, -0.25) is 4.90 Å². The Morgan fingerprint density at radius 1 is 0.889 bits per heavy atom. The number of hydrogen-bond donors (Lipinski definition) is 0. The van der Waals surface area contributed by atoms with Crippen LogP contribution in [0.5, 0.6) is 17.4 Å². The normalized spacial score (nSPS) is 20.0. The summed E-state index contributed by atoms with van der Waals surface area (Å²) < 4.78 is 17.8. The van der Waals surface area contributed by atoms with E-state index in [4.69, 9.17) is 14.2 Å². The highest BCUT2D eigenvalue weighted by Gasteiger charge is 2.23. The Morgan fingerprint density at radius 2 is 1.74 bits per heavy atom. The zero-order valence-electron chi connectivity index (χ0n) is 15.8. The van der Waals surface area contributed by atoms with E-state index in [0.29, 0.717) is 18.5 Å². The van der Waals surface area contributed by atoms with Crippen LogP contribution in [0.3, 0.4) is 0 Å². The number of fused-ring (bicyclic) bond motifs is 2. The van der Waals surface area contributed by atoms with Crippen LogP contribution in [0.25, 0.3) is 0 Å². The van der Waals surface area contributed by atoms with Gasteiger partial charge in [0.15, 0.2) is 11.5 Å². The van der Waals surface area contributed by atoms with Gasteiger partial charge >= 0.3 is 0 Å². The van der Waals surface area contributed by atoms with Crippen molar-refractivity contribution in [2.75, 3.05) is 26.4 Å². The lowest BCUT2D eigenvalue weighted by molar-refractivity contribution is 0.0300. The molecule has 0 radical (unpaired) electrons. The summed E-state index contributed by atoms with van der Waals surface area (Å²) in [5, 5.41) is 0. The number of aromatic nitrogens is 1. The highest BCUT2D eigenvalue weighted by molar-refractivity contribution is 5.42. The molecule has 0 bridgehead atoms. The van der Waals surface area contributed by atoms with Crippen LogP contribution in [0.1, 0.15) is 37.7 Å². The van der Waals surface area contributed by atoms with E-state index in [2.05, 4.69) is 16.0 Å². The van der Waals surface area contributed by atoms with Gasteiger partial charge in [0, 0.05) is 37.6 Å². The van der Waals surface area contributed by atoms with Gasteiger partial charge in [0.1, 0.15) is 0 Å². The molecular formula is C22H28N2O3. The van der Waals surface area contributed by atoms with Crippen molar-refractivity contribution in [3.63, 3.8) is 0 Å². The minimum absolute atomic E-state index is 0.570. The van der Waals surface area contributed by atoms with Crippen molar-refractivity contribution >= 4 is 0 Å². The highest BCUT2D eigenvalue weighted by Crippen LogP contribution is 2.33. The van der Waals surface area contributed by atoms with Crippen molar-refractivity contribution in [2.24, 2.45) is 0 Å². The average Bonchev–Trinajstić information content (AvgIpc) is 2.73. The van der Waals surface area contributed by atoms with Crippen molar-refractivity contribution in [1.29, 1.82) is 0 Å². The van der Waals surface area contributed by atoms with Crippen molar-refractivity contribution in [3.05, 3.63) is 48.2 Å². The van der Waals surface area contributed by atoms with Crippen LogP contribution in [0.15, 0.2) is 42.6 Å². The van der Waals surface area contributed by atoms with Gasteiger partial charge in [0.25, 0.3) is 0 Å². The molecule has 27 heavy (non-hydrogen) atoms. The Balaban J connectivity index is 1.62. The molecule has 2 aliphatic heterocycles. The van der Waals surface area contributed by atoms with E-state index in [9.17, 15) is 0 Å². The third kappa shape index (κ3) is 4.79. The van der Waals surface area contributed by atoms with Crippen molar-refractivity contribution in [1.82, 2.24) is 9.88 Å². The Morgan fingerprint density at radius 3 is 2.63 bits per heavy atom. The van der Waals surface area contributed by atoms with E-state index in [1.54, 1.807) is 6.20 Å². The minimum atomic E-state index is 0.570. The lowest BCUT2D eigenvalue weighted by atomic mass is 10.0. The van der Waals surface area contributed by atoms with E-state index in [1.165, 1.54) is 12.8 Å². The summed E-state index contributed by atoms with van der Waals surface area (Å²) in [6.45, 7) is 4.38. The molecule has 4 rings (SSSR count). The van der Waals surface area contributed by atoms with Crippen molar-refractivity contribution in [2.45, 2.75) is 44.7 Å². The van der Waals surface area contributed by atoms with Gasteiger partial charge in [-0.2, -0.15) is 0 Å². The molecule has 0 aliphatic carbocycles. The van der Waals surface area contributed by atoms with E-state index in [0.717, 1.165) is 62.6 Å². The van der Waals surface area contributed by atoms with Gasteiger partial charge < -0.3 is 14.2 Å². The maximum absolute atomic E-state index is 6.20. The molecule has 5 nitrogen and oxygen atoms in total. The fraction of sp³-hybridized carbons (Fsp3) is 0.500. The summed E-state index contributed by atoms with van der Waals surface area (Å²) in [5.41, 5.74) is 1.12. The van der Waals surface area contributed by atoms with Crippen LogP contribution < -0.4 is 9.47 Å². The van der Waals surface area contributed by atoms with Crippen LogP contribution in [0.2, 0.25) is 0 Å². The Bertz CT molecular complexity index is 731. The molecular weight excluding hydrogens is 340 g/mol. The Hall–Kier alpha value is -2.11. The predicted molar refractivity (Wildman–Crippen MR) is 104 cm³/mol. The zero-order valence-corrected chi connectivity index (χ0v) is 15.8. The molecule has 0 N–H and O–H groups in total. The molecule has 1 fully saturated rings. The average molecular weight is 368 g/mol. The number of ether oxygens (including phenoxy) is 3. The first kappa shape index (κ1) is 18.3. The molecule has 0 amide bonds. The van der Waals surface area contributed by atoms with Crippen molar-refractivity contribution in [3.8, 4) is 17.4 Å². The second-order valence-electron chi connectivity index (χ2n) is 7.24. The predicted octanol–water partition coefficient (Wildman–Crippen LogP) is 4.42. The molecule has 1 aromatic carbocycles. The molecule has 1 aromatic heterocycles. The lowest BCUT2D eigenvalue weighted by Gasteiger charge is -2.34. The molecule has 2 aliphatic rings. The van der Waals surface area contributed by atoms with Gasteiger partial charge in [-0.25, -0.2) is 4.98 Å². The van der Waals surface area contributed by atoms with Crippen LogP contribution in [-0.2, 0) is 11.3 Å². The van der Waals surface area contributed by atoms with Crippen LogP contribution in [0, 0.1) is 0 Å². The third-order valence-electron chi connectivity index (χ3n) is 5.33. The monoisotopic (exact) mass is 368 g/mol. The molecule has 144 valence electrons. The van der Waals surface area contributed by atoms with Gasteiger partial charge in [-0.05, 0) is 56.8 Å². The lowest BCUT2D eigenvalue weighted by Crippen LogP contribution is -2.39. The second-order valence-corrected chi connectivity index (χ2v) is 7.24. The summed E-state index contributed by atoms with van der Waals surface area (Å²) in [6, 6.07) is 12.5. The summed E-state index contributed by atoms with van der Waals surface area (Å²) in [5.74, 6) is 2.19. The van der Waals surface area contributed by atoms with Gasteiger partial charge in [-0.15, -0.1) is 0 Å². The number of hydrogen-bond acceptors (Lipinski definition) is 5.